The number of carbonyl (C=O) groups excluding carboxylic acids is 1. The number of hydrogen-bond donors (Lipinski definition) is 1. The Morgan fingerprint density at radius 2 is 2.00 bits per heavy atom. The van der Waals surface area contributed by atoms with E-state index in [1.54, 1.807) is 0 Å². The average Bonchev–Trinajstić information content (AvgIpc) is 2.70. The lowest BCUT2D eigenvalue weighted by Crippen LogP contribution is -2.41. The maximum absolute atomic E-state index is 12.8. The Morgan fingerprint density at radius 3 is 2.52 bits per heavy atom. The lowest BCUT2D eigenvalue weighted by atomic mass is 10.0. The number of benzene rings is 1. The Balaban J connectivity index is 2.67. The van der Waals surface area contributed by atoms with Gasteiger partial charge in [0.1, 0.15) is 5.69 Å². The molecule has 3 heteroatoms. The first-order valence-electron chi connectivity index (χ1n) is 8.22. The van der Waals surface area contributed by atoms with Crippen LogP contribution in [0.15, 0.2) is 30.9 Å². The summed E-state index contributed by atoms with van der Waals surface area (Å²) in [7, 11) is 0. The molecule has 0 aliphatic rings. The summed E-state index contributed by atoms with van der Waals surface area (Å²) in [4.78, 5) is 12.8. The van der Waals surface area contributed by atoms with Gasteiger partial charge in [-0.1, -0.05) is 26.0 Å². The summed E-state index contributed by atoms with van der Waals surface area (Å²) in [5, 5.41) is 4.23. The molecule has 2 aromatic rings. The first-order chi connectivity index (χ1) is 10.7. The number of nitrogens with one attached hydrogen (secondary N) is 1. The molecule has 0 spiro atoms. The highest BCUT2D eigenvalue weighted by Gasteiger charge is 2.23. The Morgan fingerprint density at radius 1 is 1.35 bits per heavy atom. The van der Waals surface area contributed by atoms with Gasteiger partial charge >= 0.3 is 0 Å². The van der Waals surface area contributed by atoms with Crippen molar-refractivity contribution in [2.24, 2.45) is 0 Å². The zero-order valence-corrected chi connectivity index (χ0v) is 15.2. The second-order valence-corrected chi connectivity index (χ2v) is 7.51. The molecule has 2 rings (SSSR count). The average molecular weight is 312 g/mol. The molecular formula is C20H28N2O. The fourth-order valence-electron chi connectivity index (χ4n) is 2.91. The largest absolute Gasteiger partial charge is 0.346 e. The molecule has 0 unspecified atom stereocenters. The monoisotopic (exact) mass is 312 g/mol. The highest BCUT2D eigenvalue weighted by molar-refractivity contribution is 6.02. The molecule has 1 heterocycles. The summed E-state index contributed by atoms with van der Waals surface area (Å²) in [6.45, 7) is 16.9. The predicted molar refractivity (Wildman–Crippen MR) is 98.2 cm³/mol. The molecule has 1 amide bonds. The number of carbonyl (C=O) groups is 1. The standard InChI is InChI=1S/C20H28N2O/c1-8-11-22-17-10-9-15(13(2)3)12-16(17)14(4)18(22)19(23)21-20(5,6)7/h8-10,12-13H,1,11H2,2-7H3,(H,21,23). The van der Waals surface area contributed by atoms with Gasteiger partial charge in [0.15, 0.2) is 0 Å². The molecule has 0 saturated carbocycles. The number of nitrogens with zero attached hydrogens (tertiary/aromatic N) is 1. The van der Waals surface area contributed by atoms with E-state index in [1.807, 2.05) is 33.8 Å². The minimum atomic E-state index is -0.262. The maximum Gasteiger partial charge on any atom is 0.268 e. The van der Waals surface area contributed by atoms with Gasteiger partial charge in [0, 0.05) is 23.0 Å². The van der Waals surface area contributed by atoms with Crippen molar-refractivity contribution in [1.29, 1.82) is 0 Å². The second kappa shape index (κ2) is 6.23. The predicted octanol–water partition coefficient (Wildman–Crippen LogP) is 4.79. The minimum Gasteiger partial charge on any atom is -0.346 e. The van der Waals surface area contributed by atoms with Gasteiger partial charge in [-0.2, -0.15) is 0 Å². The number of aryl methyl sites for hydroxylation is 1. The van der Waals surface area contributed by atoms with Crippen LogP contribution < -0.4 is 5.32 Å². The Bertz CT molecular complexity index is 745. The molecule has 23 heavy (non-hydrogen) atoms. The van der Waals surface area contributed by atoms with Crippen LogP contribution in [0.1, 0.15) is 62.2 Å². The van der Waals surface area contributed by atoms with Crippen molar-refractivity contribution in [1.82, 2.24) is 9.88 Å². The fourth-order valence-corrected chi connectivity index (χ4v) is 2.91. The van der Waals surface area contributed by atoms with E-state index in [-0.39, 0.29) is 11.4 Å². The van der Waals surface area contributed by atoms with Crippen LogP contribution in [-0.4, -0.2) is 16.0 Å². The lowest BCUT2D eigenvalue weighted by molar-refractivity contribution is 0.0910. The van der Waals surface area contributed by atoms with E-state index in [2.05, 4.69) is 48.5 Å². The SMILES string of the molecule is C=CCn1c(C(=O)NC(C)(C)C)c(C)c2cc(C(C)C)ccc21. The van der Waals surface area contributed by atoms with E-state index < -0.39 is 0 Å². The van der Waals surface area contributed by atoms with Crippen LogP contribution in [0.25, 0.3) is 10.9 Å². The quantitative estimate of drug-likeness (QED) is 0.809. The second-order valence-electron chi connectivity index (χ2n) is 7.51. The van der Waals surface area contributed by atoms with Crippen LogP contribution in [0, 0.1) is 6.92 Å². The molecule has 1 aromatic heterocycles. The molecule has 0 radical (unpaired) electrons. The fraction of sp³-hybridized carbons (Fsp3) is 0.450. The van der Waals surface area contributed by atoms with E-state index in [4.69, 9.17) is 0 Å². The van der Waals surface area contributed by atoms with Crippen molar-refractivity contribution < 1.29 is 4.79 Å². The van der Waals surface area contributed by atoms with Gasteiger partial charge in [-0.3, -0.25) is 4.79 Å². The van der Waals surface area contributed by atoms with Gasteiger partial charge in [-0.15, -0.1) is 6.58 Å². The van der Waals surface area contributed by atoms with Crippen LogP contribution in [-0.2, 0) is 6.54 Å². The zero-order chi connectivity index (χ0) is 17.4. The lowest BCUT2D eigenvalue weighted by Gasteiger charge is -2.21. The first kappa shape index (κ1) is 17.3. The third-order valence-corrected chi connectivity index (χ3v) is 4.02. The third-order valence-electron chi connectivity index (χ3n) is 4.02. The van der Waals surface area contributed by atoms with E-state index >= 15 is 0 Å². The molecule has 0 saturated heterocycles. The summed E-state index contributed by atoms with van der Waals surface area (Å²) >= 11 is 0. The van der Waals surface area contributed by atoms with Crippen molar-refractivity contribution in [2.75, 3.05) is 0 Å². The van der Waals surface area contributed by atoms with Crippen molar-refractivity contribution in [3.63, 3.8) is 0 Å². The molecule has 1 aromatic carbocycles. The van der Waals surface area contributed by atoms with Gasteiger partial charge < -0.3 is 9.88 Å². The molecule has 0 bridgehead atoms. The summed E-state index contributed by atoms with van der Waals surface area (Å²) in [5.41, 5.74) is 3.88. The van der Waals surface area contributed by atoms with E-state index in [0.717, 1.165) is 22.2 Å². The van der Waals surface area contributed by atoms with Crippen molar-refractivity contribution in [2.45, 2.75) is 59.5 Å². The van der Waals surface area contributed by atoms with E-state index in [9.17, 15) is 4.79 Å². The van der Waals surface area contributed by atoms with Crippen LogP contribution in [0.3, 0.4) is 0 Å². The summed E-state index contributed by atoms with van der Waals surface area (Å²) < 4.78 is 2.06. The number of amides is 1. The molecule has 0 aliphatic carbocycles. The topological polar surface area (TPSA) is 34.0 Å². The van der Waals surface area contributed by atoms with Gasteiger partial charge in [0.2, 0.25) is 0 Å². The molecule has 1 N–H and O–H groups in total. The molecule has 0 fully saturated rings. The maximum atomic E-state index is 12.8. The summed E-state index contributed by atoms with van der Waals surface area (Å²) in [5.74, 6) is 0.438. The van der Waals surface area contributed by atoms with Crippen LogP contribution >= 0.6 is 0 Å². The Kier molecular flexibility index (Phi) is 4.69. The van der Waals surface area contributed by atoms with E-state index in [0.29, 0.717) is 12.5 Å². The Labute approximate surface area is 139 Å². The minimum absolute atomic E-state index is 0.0286. The van der Waals surface area contributed by atoms with Crippen LogP contribution in [0.2, 0.25) is 0 Å². The number of allylic oxidation sites excluding steroid dienone is 1. The van der Waals surface area contributed by atoms with Crippen LogP contribution in [0.4, 0.5) is 0 Å². The van der Waals surface area contributed by atoms with E-state index in [1.165, 1.54) is 5.56 Å². The Hall–Kier alpha value is -2.03. The normalized spacial score (nSPS) is 12.0. The molecule has 124 valence electrons. The number of rotatable bonds is 4. The summed E-state index contributed by atoms with van der Waals surface area (Å²) in [6.07, 6.45) is 1.84. The number of aromatic nitrogens is 1. The molecule has 3 nitrogen and oxygen atoms in total. The third kappa shape index (κ3) is 3.49. The number of hydrogen-bond acceptors (Lipinski definition) is 1. The molecule has 0 atom stereocenters. The number of fused-ring (bicyclic) bond motifs is 1. The summed E-state index contributed by atoms with van der Waals surface area (Å²) in [6, 6.07) is 6.48. The molecular weight excluding hydrogens is 284 g/mol. The first-order valence-corrected chi connectivity index (χ1v) is 8.22. The zero-order valence-electron chi connectivity index (χ0n) is 15.2. The van der Waals surface area contributed by atoms with Gasteiger partial charge in [-0.05, 0) is 56.9 Å². The van der Waals surface area contributed by atoms with Gasteiger partial charge in [-0.25, -0.2) is 0 Å². The van der Waals surface area contributed by atoms with Gasteiger partial charge in [0.25, 0.3) is 5.91 Å². The highest BCUT2D eigenvalue weighted by atomic mass is 16.2. The molecule has 0 aliphatic heterocycles. The van der Waals surface area contributed by atoms with Crippen molar-refractivity contribution in [3.05, 3.63) is 47.7 Å². The van der Waals surface area contributed by atoms with Gasteiger partial charge in [0.05, 0.1) is 0 Å². The van der Waals surface area contributed by atoms with Crippen molar-refractivity contribution in [3.8, 4) is 0 Å². The highest BCUT2D eigenvalue weighted by Crippen LogP contribution is 2.29. The smallest absolute Gasteiger partial charge is 0.268 e. The van der Waals surface area contributed by atoms with Crippen molar-refractivity contribution >= 4 is 16.8 Å². The van der Waals surface area contributed by atoms with Crippen LogP contribution in [0.5, 0.6) is 0 Å².